The van der Waals surface area contributed by atoms with E-state index in [9.17, 15) is 19.5 Å². The molecule has 0 unspecified atom stereocenters. The molecule has 0 atom stereocenters. The van der Waals surface area contributed by atoms with Gasteiger partial charge < -0.3 is 23.9 Å². The Labute approximate surface area is 496 Å². The lowest BCUT2D eigenvalue weighted by atomic mass is 10.1. The summed E-state index contributed by atoms with van der Waals surface area (Å²) in [6, 6.07) is 41.5. The lowest BCUT2D eigenvalue weighted by molar-refractivity contribution is 0.281. The molecule has 12 aromatic rings. The molecule has 0 radical (unpaired) electrons. The highest BCUT2D eigenvalue weighted by Crippen LogP contribution is 2.39. The highest BCUT2D eigenvalue weighted by molar-refractivity contribution is 6.29. The van der Waals surface area contributed by atoms with E-state index in [1.54, 1.807) is 12.3 Å². The van der Waals surface area contributed by atoms with E-state index in [0.717, 1.165) is 173 Å². The molecule has 85 heavy (non-hydrogen) atoms. The highest BCUT2D eigenvalue weighted by Gasteiger charge is 2.32. The van der Waals surface area contributed by atoms with Crippen LogP contribution in [0, 0.1) is 5.92 Å². The summed E-state index contributed by atoms with van der Waals surface area (Å²) in [7, 11) is 0. The second-order valence-electron chi connectivity index (χ2n) is 23.7. The molecular weight excluding hydrogens is 1090 g/mol. The minimum Gasteiger partial charge on any atom is -0.396 e. The number of pyridine rings is 3. The van der Waals surface area contributed by atoms with Crippen molar-refractivity contribution in [3.8, 4) is 0 Å². The average Bonchev–Trinajstić information content (AvgIpc) is 3.62. The molecular formula is C67H73ClN12O5. The fraction of sp³-hybridized carbons (Fsp3) is 0.373. The third kappa shape index (κ3) is 11.2. The Hall–Kier alpha value is -8.25. The predicted octanol–water partition coefficient (Wildman–Crippen LogP) is 11.9. The fourth-order valence-corrected chi connectivity index (χ4v) is 12.7. The van der Waals surface area contributed by atoms with Crippen molar-refractivity contribution in [3.05, 3.63) is 194 Å². The molecule has 2 N–H and O–H groups in total. The Morgan fingerprint density at radius 2 is 0.906 bits per heavy atom. The molecule has 3 fully saturated rings. The van der Waals surface area contributed by atoms with Gasteiger partial charge in [0, 0.05) is 92.0 Å². The number of imidazole rings is 3. The van der Waals surface area contributed by atoms with Gasteiger partial charge in [-0.3, -0.25) is 37.4 Å². The number of aliphatic hydroxyl groups excluding tert-OH is 2. The number of aryl methyl sites for hydroxylation is 3. The van der Waals surface area contributed by atoms with Crippen LogP contribution in [0.25, 0.3) is 66.1 Å². The van der Waals surface area contributed by atoms with Crippen LogP contribution >= 0.6 is 11.6 Å². The molecule has 0 saturated heterocycles. The van der Waals surface area contributed by atoms with Crippen LogP contribution in [-0.4, -0.2) is 79.5 Å². The summed E-state index contributed by atoms with van der Waals surface area (Å²) in [5.41, 5.74) is 14.7. The maximum Gasteiger partial charge on any atom is 0.329 e. The lowest BCUT2D eigenvalue weighted by Crippen LogP contribution is -2.25. The number of unbranched alkanes of at least 4 members (excludes halogenated alkanes) is 2. The monoisotopic (exact) mass is 1160 g/mol. The Kier molecular flexibility index (Phi) is 15.8. The van der Waals surface area contributed by atoms with Gasteiger partial charge in [0.2, 0.25) is 0 Å². The third-order valence-electron chi connectivity index (χ3n) is 17.2. The summed E-state index contributed by atoms with van der Waals surface area (Å²) in [6.45, 7) is 8.98. The van der Waals surface area contributed by atoms with Crippen molar-refractivity contribution in [2.45, 2.75) is 142 Å². The fourth-order valence-electron chi connectivity index (χ4n) is 12.5. The number of hydrogen-bond donors (Lipinski definition) is 2. The zero-order valence-electron chi connectivity index (χ0n) is 48.4. The summed E-state index contributed by atoms with van der Waals surface area (Å²) in [5.74, 6) is 0.626. The highest BCUT2D eigenvalue weighted by atomic mass is 35.5. The molecule has 3 aliphatic carbocycles. The smallest absolute Gasteiger partial charge is 0.329 e. The van der Waals surface area contributed by atoms with Gasteiger partial charge in [0.1, 0.15) is 5.15 Å². The van der Waals surface area contributed by atoms with E-state index >= 15 is 0 Å². The number of aromatic nitrogens is 12. The number of benzene rings is 3. The zero-order chi connectivity index (χ0) is 58.3. The molecule has 0 bridgehead atoms. The number of fused-ring (bicyclic) bond motifs is 6. The van der Waals surface area contributed by atoms with Crippen LogP contribution in [0.4, 0.5) is 0 Å². The van der Waals surface area contributed by atoms with Crippen LogP contribution in [0.1, 0.15) is 120 Å². The average molecular weight is 1160 g/mol. The van der Waals surface area contributed by atoms with E-state index in [2.05, 4.69) is 72.8 Å². The van der Waals surface area contributed by atoms with Gasteiger partial charge in [0.15, 0.2) is 0 Å². The predicted molar refractivity (Wildman–Crippen MR) is 337 cm³/mol. The van der Waals surface area contributed by atoms with Gasteiger partial charge >= 0.3 is 17.1 Å². The minimum atomic E-state index is 0.0480. The third-order valence-corrected chi connectivity index (χ3v) is 17.4. The molecule has 0 aliphatic heterocycles. The molecule has 9 heterocycles. The molecule has 0 spiro atoms. The van der Waals surface area contributed by atoms with Crippen molar-refractivity contribution in [3.63, 3.8) is 0 Å². The van der Waals surface area contributed by atoms with Crippen molar-refractivity contribution in [1.82, 2.24) is 56.1 Å². The summed E-state index contributed by atoms with van der Waals surface area (Å²) in [6.07, 6.45) is 16.4. The largest absolute Gasteiger partial charge is 0.396 e. The molecule has 3 aromatic carbocycles. The summed E-state index contributed by atoms with van der Waals surface area (Å²) in [5, 5.41) is 19.9. The normalized spacial score (nSPS) is 14.4. The summed E-state index contributed by atoms with van der Waals surface area (Å²) >= 11 is 6.10. The van der Waals surface area contributed by atoms with Crippen molar-refractivity contribution in [2.24, 2.45) is 5.92 Å². The summed E-state index contributed by atoms with van der Waals surface area (Å²) in [4.78, 5) is 53.0. The van der Waals surface area contributed by atoms with Gasteiger partial charge in [0.25, 0.3) is 0 Å². The van der Waals surface area contributed by atoms with Crippen molar-refractivity contribution < 1.29 is 10.2 Å². The molecule has 3 saturated carbocycles. The molecule has 9 aromatic heterocycles. The maximum absolute atomic E-state index is 13.3. The Morgan fingerprint density at radius 1 is 0.471 bits per heavy atom. The number of hydrogen-bond acceptors (Lipinski definition) is 8. The Balaban J connectivity index is 0.000000119. The van der Waals surface area contributed by atoms with Crippen molar-refractivity contribution in [1.29, 1.82) is 0 Å². The molecule has 3 aliphatic rings. The van der Waals surface area contributed by atoms with E-state index in [1.165, 1.54) is 0 Å². The number of para-hydroxylation sites is 6. The Morgan fingerprint density at radius 3 is 1.39 bits per heavy atom. The Bertz CT molecular complexity index is 4570. The van der Waals surface area contributed by atoms with Crippen LogP contribution in [0.2, 0.25) is 5.15 Å². The van der Waals surface area contributed by atoms with Crippen LogP contribution in [0.15, 0.2) is 154 Å². The number of rotatable bonds is 20. The SMILES string of the molecule is CC(C)CCn1c(Cn2c(=O)n(C3CC3)c3ccccc32)cc2ncccc21.O=c1n(Cc2cc3cnccc3n2CCCCO)c2ccccc2n1C1CC1.O=c1n(Cc2cc3nc(Cl)ccc3n2CCCCO)c2ccccc2n1C1CC1. The molecule has 18 heteroatoms. The summed E-state index contributed by atoms with van der Waals surface area (Å²) < 4.78 is 18.4. The van der Waals surface area contributed by atoms with E-state index in [4.69, 9.17) is 16.7 Å². The maximum atomic E-state index is 13.3. The zero-order valence-corrected chi connectivity index (χ0v) is 49.1. The first-order valence-corrected chi connectivity index (χ1v) is 30.8. The van der Waals surface area contributed by atoms with Gasteiger partial charge in [-0.05, 0) is 161 Å². The van der Waals surface area contributed by atoms with Crippen LogP contribution in [-0.2, 0) is 39.3 Å². The van der Waals surface area contributed by atoms with Gasteiger partial charge in [-0.25, -0.2) is 19.4 Å². The van der Waals surface area contributed by atoms with E-state index in [-0.39, 0.29) is 30.3 Å². The minimum absolute atomic E-state index is 0.0480. The first kappa shape index (κ1) is 55.9. The number of halogens is 1. The second-order valence-corrected chi connectivity index (χ2v) is 24.0. The van der Waals surface area contributed by atoms with E-state index < -0.39 is 0 Å². The van der Waals surface area contributed by atoms with Crippen LogP contribution in [0.3, 0.4) is 0 Å². The first-order valence-electron chi connectivity index (χ1n) is 30.4. The van der Waals surface area contributed by atoms with E-state index in [1.807, 2.05) is 125 Å². The quantitative estimate of drug-likeness (QED) is 0.0560. The number of nitrogens with zero attached hydrogens (tertiary/aromatic N) is 12. The topological polar surface area (TPSA) is 175 Å². The standard InChI is InChI=1S/C23H26N4O.C22H23ClN4O2.C22H24N4O2/c1-16(2)11-13-25-18(14-19-20(25)8-5-12-24-19)15-26-21-6-3-4-7-22(21)27(23(26)28)17-9-10-17;23-21-10-9-18-17(24-21)13-16(25(18)11-3-4-12-28)14-26-19-5-1-2-6-20(19)27(22(26)29)15-7-8-15;27-12-4-3-11-24-18(13-16-14-23-10-9-19(16)24)15-25-20-5-1-2-6-21(20)26(22(25)28)17-7-8-17/h3-8,12,14,16-17H,9-11,13,15H2,1-2H3;1-2,5-6,9-10,13,15,28H,3-4,7-8,11-12,14H2;1-2,5-6,9-10,13-14,17,27H,3-4,7-8,11-12,15H2. The lowest BCUT2D eigenvalue weighted by Gasteiger charge is -2.13. The second kappa shape index (κ2) is 24.0. The van der Waals surface area contributed by atoms with Crippen molar-refractivity contribution in [2.75, 3.05) is 13.2 Å². The van der Waals surface area contributed by atoms with Gasteiger partial charge in [-0.2, -0.15) is 0 Å². The van der Waals surface area contributed by atoms with E-state index in [0.29, 0.717) is 48.8 Å². The van der Waals surface area contributed by atoms with Crippen molar-refractivity contribution >= 4 is 77.7 Å². The molecule has 15 rings (SSSR count). The van der Waals surface area contributed by atoms with Gasteiger partial charge in [-0.1, -0.05) is 61.8 Å². The number of aliphatic hydroxyl groups is 2. The van der Waals surface area contributed by atoms with Crippen LogP contribution < -0.4 is 17.1 Å². The van der Waals surface area contributed by atoms with Crippen LogP contribution in [0.5, 0.6) is 0 Å². The molecule has 438 valence electrons. The first-order chi connectivity index (χ1) is 41.6. The van der Waals surface area contributed by atoms with Gasteiger partial charge in [-0.15, -0.1) is 0 Å². The van der Waals surface area contributed by atoms with Gasteiger partial charge in [0.05, 0.1) is 80.3 Å². The molecule has 0 amide bonds. The molecule has 17 nitrogen and oxygen atoms in total.